The summed E-state index contributed by atoms with van der Waals surface area (Å²) in [4.78, 5) is 11.9. The third-order valence-electron chi connectivity index (χ3n) is 2.01. The summed E-state index contributed by atoms with van der Waals surface area (Å²) in [6, 6.07) is 1.86. The van der Waals surface area contributed by atoms with Crippen molar-refractivity contribution in [2.45, 2.75) is 19.6 Å². The lowest BCUT2D eigenvalue weighted by atomic mass is 10.2. The van der Waals surface area contributed by atoms with E-state index in [1.54, 1.807) is 7.11 Å². The molecule has 0 radical (unpaired) electrons. The van der Waals surface area contributed by atoms with Crippen LogP contribution in [0.5, 0.6) is 0 Å². The summed E-state index contributed by atoms with van der Waals surface area (Å²) in [5.41, 5.74) is 2.96. The average Bonchev–Trinajstić information content (AvgIpc) is 2.74. The predicted molar refractivity (Wildman–Crippen MR) is 62.1 cm³/mol. The zero-order valence-electron chi connectivity index (χ0n) is 9.36. The van der Waals surface area contributed by atoms with Crippen molar-refractivity contribution in [1.82, 2.24) is 5.43 Å². The van der Waals surface area contributed by atoms with Crippen LogP contribution >= 0.6 is 11.3 Å². The van der Waals surface area contributed by atoms with Gasteiger partial charge in [0.05, 0.1) is 24.2 Å². The molecule has 90 valence electrons. The summed E-state index contributed by atoms with van der Waals surface area (Å²) in [6.07, 6.45) is -0.00122. The third kappa shape index (κ3) is 3.57. The highest BCUT2D eigenvalue weighted by atomic mass is 32.1. The van der Waals surface area contributed by atoms with E-state index in [-0.39, 0.29) is 12.0 Å². The lowest BCUT2D eigenvalue weighted by Crippen LogP contribution is -2.30. The van der Waals surface area contributed by atoms with Gasteiger partial charge < -0.3 is 9.47 Å². The van der Waals surface area contributed by atoms with Gasteiger partial charge in [0.15, 0.2) is 0 Å². The first-order chi connectivity index (χ1) is 7.69. The molecular weight excluding hydrogens is 228 g/mol. The molecule has 0 saturated carbocycles. The number of nitrogens with two attached hydrogens (primary N) is 1. The second kappa shape index (κ2) is 6.59. The summed E-state index contributed by atoms with van der Waals surface area (Å²) in [7, 11) is 1.62. The van der Waals surface area contributed by atoms with Gasteiger partial charge in [-0.1, -0.05) is 0 Å². The molecule has 3 N–H and O–H groups in total. The molecule has 1 heterocycles. The van der Waals surface area contributed by atoms with Gasteiger partial charge >= 0.3 is 0 Å². The lowest BCUT2D eigenvalue weighted by molar-refractivity contribution is -0.000213. The van der Waals surface area contributed by atoms with E-state index in [0.717, 1.165) is 5.56 Å². The minimum absolute atomic E-state index is 0.00122. The van der Waals surface area contributed by atoms with Crippen molar-refractivity contribution in [3.63, 3.8) is 0 Å². The second-order valence-electron chi connectivity index (χ2n) is 3.33. The molecule has 0 aromatic carbocycles. The number of hydrogen-bond acceptors (Lipinski definition) is 5. The predicted octanol–water partition coefficient (Wildman–Crippen LogP) is 0.903. The van der Waals surface area contributed by atoms with Gasteiger partial charge in [-0.25, -0.2) is 5.84 Å². The average molecular weight is 244 g/mol. The Labute approximate surface area is 98.5 Å². The number of carbonyl (C=O) groups is 1. The van der Waals surface area contributed by atoms with Gasteiger partial charge in [-0.2, -0.15) is 0 Å². The number of hydrogen-bond donors (Lipinski definition) is 2. The number of methoxy groups -OCH3 is 1. The summed E-state index contributed by atoms with van der Waals surface area (Å²) in [5, 5.41) is 1.84. The van der Waals surface area contributed by atoms with E-state index in [0.29, 0.717) is 18.1 Å². The molecule has 0 spiro atoms. The van der Waals surface area contributed by atoms with Gasteiger partial charge in [-0.05, 0) is 18.4 Å². The van der Waals surface area contributed by atoms with Crippen molar-refractivity contribution >= 4 is 17.2 Å². The van der Waals surface area contributed by atoms with E-state index in [9.17, 15) is 4.79 Å². The fraction of sp³-hybridized carbons (Fsp3) is 0.500. The molecule has 0 aliphatic heterocycles. The molecule has 1 aromatic rings. The minimum atomic E-state index is -0.284. The van der Waals surface area contributed by atoms with Crippen LogP contribution in [0.1, 0.15) is 22.2 Å². The van der Waals surface area contributed by atoms with Gasteiger partial charge in [0.2, 0.25) is 0 Å². The zero-order chi connectivity index (χ0) is 12.0. The maximum absolute atomic E-state index is 11.4. The van der Waals surface area contributed by atoms with E-state index in [2.05, 4.69) is 5.43 Å². The molecule has 0 saturated heterocycles. The van der Waals surface area contributed by atoms with Crippen LogP contribution in [0.25, 0.3) is 0 Å². The molecule has 0 aliphatic carbocycles. The van der Waals surface area contributed by atoms with Crippen LogP contribution < -0.4 is 11.3 Å². The van der Waals surface area contributed by atoms with E-state index >= 15 is 0 Å². The Morgan fingerprint density at radius 2 is 2.44 bits per heavy atom. The first-order valence-corrected chi connectivity index (χ1v) is 5.74. The molecule has 0 aliphatic rings. The van der Waals surface area contributed by atoms with Gasteiger partial charge in [0.1, 0.15) is 0 Å². The molecule has 0 bridgehead atoms. The molecule has 1 aromatic heterocycles. The van der Waals surface area contributed by atoms with Crippen molar-refractivity contribution < 1.29 is 14.3 Å². The summed E-state index contributed by atoms with van der Waals surface area (Å²) < 4.78 is 10.5. The Kier molecular flexibility index (Phi) is 5.41. The summed E-state index contributed by atoms with van der Waals surface area (Å²) in [5.74, 6) is 4.80. The van der Waals surface area contributed by atoms with Crippen LogP contribution in [0.15, 0.2) is 11.4 Å². The van der Waals surface area contributed by atoms with Crippen molar-refractivity contribution in [2.75, 3.05) is 13.7 Å². The van der Waals surface area contributed by atoms with Crippen molar-refractivity contribution in [1.29, 1.82) is 0 Å². The van der Waals surface area contributed by atoms with Crippen molar-refractivity contribution in [3.8, 4) is 0 Å². The van der Waals surface area contributed by atoms with E-state index in [4.69, 9.17) is 15.3 Å². The molecule has 16 heavy (non-hydrogen) atoms. The molecule has 1 atom stereocenters. The first kappa shape index (κ1) is 13.1. The van der Waals surface area contributed by atoms with Crippen LogP contribution in [-0.2, 0) is 16.1 Å². The quantitative estimate of drug-likeness (QED) is 0.443. The molecule has 1 amide bonds. The molecular formula is C10H16N2O3S. The Morgan fingerprint density at radius 3 is 3.06 bits per heavy atom. The van der Waals surface area contributed by atoms with Gasteiger partial charge in [0.25, 0.3) is 5.91 Å². The molecule has 1 rings (SSSR count). The maximum atomic E-state index is 11.4. The van der Waals surface area contributed by atoms with Crippen LogP contribution in [0.3, 0.4) is 0 Å². The highest BCUT2D eigenvalue weighted by Gasteiger charge is 2.12. The van der Waals surface area contributed by atoms with Crippen LogP contribution in [0.4, 0.5) is 0 Å². The molecule has 5 nitrogen and oxygen atoms in total. The number of carbonyl (C=O) groups excluding carboxylic acids is 1. The first-order valence-electron chi connectivity index (χ1n) is 4.87. The molecule has 6 heteroatoms. The normalized spacial score (nSPS) is 12.4. The Morgan fingerprint density at radius 1 is 1.69 bits per heavy atom. The van der Waals surface area contributed by atoms with E-state index in [1.807, 2.05) is 18.4 Å². The van der Waals surface area contributed by atoms with Crippen molar-refractivity contribution in [2.24, 2.45) is 5.84 Å². The number of rotatable bonds is 6. The van der Waals surface area contributed by atoms with Gasteiger partial charge in [0, 0.05) is 12.7 Å². The van der Waals surface area contributed by atoms with E-state index < -0.39 is 0 Å². The zero-order valence-corrected chi connectivity index (χ0v) is 10.2. The largest absolute Gasteiger partial charge is 0.382 e. The second-order valence-corrected chi connectivity index (χ2v) is 4.24. The topological polar surface area (TPSA) is 73.6 Å². The van der Waals surface area contributed by atoms with Crippen LogP contribution in [0, 0.1) is 0 Å². The standard InChI is InChI=1S/C10H16N2O3S/c1-7(5-14-2)15-6-8-3-4-16-9(8)10(13)12-11/h3-4,7H,5-6,11H2,1-2H3,(H,12,13). The summed E-state index contributed by atoms with van der Waals surface area (Å²) >= 11 is 1.34. The monoisotopic (exact) mass is 244 g/mol. The van der Waals surface area contributed by atoms with Crippen LogP contribution in [-0.4, -0.2) is 25.7 Å². The highest BCUT2D eigenvalue weighted by Crippen LogP contribution is 2.18. The number of nitrogen functional groups attached to an aromatic ring is 1. The number of hydrazine groups is 1. The summed E-state index contributed by atoms with van der Waals surface area (Å²) in [6.45, 7) is 2.83. The Hall–Kier alpha value is -0.950. The number of nitrogens with one attached hydrogen (secondary N) is 1. The minimum Gasteiger partial charge on any atom is -0.382 e. The maximum Gasteiger partial charge on any atom is 0.275 e. The van der Waals surface area contributed by atoms with Gasteiger partial charge in [-0.15, -0.1) is 11.3 Å². The number of amides is 1. The van der Waals surface area contributed by atoms with E-state index in [1.165, 1.54) is 11.3 Å². The lowest BCUT2D eigenvalue weighted by Gasteiger charge is -2.11. The fourth-order valence-electron chi connectivity index (χ4n) is 1.23. The fourth-order valence-corrected chi connectivity index (χ4v) is 2.04. The van der Waals surface area contributed by atoms with Crippen molar-refractivity contribution in [3.05, 3.63) is 21.9 Å². The third-order valence-corrected chi connectivity index (χ3v) is 2.96. The highest BCUT2D eigenvalue weighted by molar-refractivity contribution is 7.12. The Balaban J connectivity index is 2.54. The van der Waals surface area contributed by atoms with Crippen LogP contribution in [0.2, 0.25) is 0 Å². The number of ether oxygens (including phenoxy) is 2. The Bertz CT molecular complexity index is 341. The number of thiophene rings is 1. The van der Waals surface area contributed by atoms with Gasteiger partial charge in [-0.3, -0.25) is 10.2 Å². The smallest absolute Gasteiger partial charge is 0.275 e. The molecule has 1 unspecified atom stereocenters. The SMILES string of the molecule is COCC(C)OCc1ccsc1C(=O)NN. The molecule has 0 fully saturated rings.